The number of aryl methyl sites for hydroxylation is 1. The number of rotatable bonds is 5. The summed E-state index contributed by atoms with van der Waals surface area (Å²) >= 11 is 5.96. The van der Waals surface area contributed by atoms with Gasteiger partial charge in [0.2, 0.25) is 0 Å². The quantitative estimate of drug-likeness (QED) is 0.678. The van der Waals surface area contributed by atoms with Gasteiger partial charge in [-0.25, -0.2) is 0 Å². The zero-order valence-corrected chi connectivity index (χ0v) is 16.5. The second-order valence-electron chi connectivity index (χ2n) is 7.10. The number of carbonyl (C=O) groups excluding carboxylic acids is 1. The first-order valence-electron chi connectivity index (χ1n) is 9.58. The van der Waals surface area contributed by atoms with E-state index >= 15 is 0 Å². The van der Waals surface area contributed by atoms with Crippen LogP contribution in [-0.2, 0) is 6.42 Å². The monoisotopic (exact) mass is 394 g/mol. The predicted octanol–water partition coefficient (Wildman–Crippen LogP) is 4.30. The fraction of sp³-hybridized carbons (Fsp3) is 0.273. The number of benzene rings is 2. The van der Waals surface area contributed by atoms with Crippen LogP contribution in [0.3, 0.4) is 0 Å². The summed E-state index contributed by atoms with van der Waals surface area (Å²) in [5, 5.41) is 11.4. The van der Waals surface area contributed by atoms with Crippen LogP contribution >= 0.6 is 11.6 Å². The fourth-order valence-corrected chi connectivity index (χ4v) is 3.62. The van der Waals surface area contributed by atoms with Crippen molar-refractivity contribution in [2.45, 2.75) is 25.8 Å². The van der Waals surface area contributed by atoms with E-state index in [9.17, 15) is 4.79 Å². The van der Waals surface area contributed by atoms with E-state index in [4.69, 9.17) is 11.6 Å². The maximum absolute atomic E-state index is 12.5. The number of carbonyl (C=O) groups is 1. The van der Waals surface area contributed by atoms with Crippen molar-refractivity contribution < 1.29 is 4.79 Å². The molecule has 3 aromatic rings. The average molecular weight is 395 g/mol. The van der Waals surface area contributed by atoms with Gasteiger partial charge in [0, 0.05) is 35.8 Å². The summed E-state index contributed by atoms with van der Waals surface area (Å²) < 4.78 is 0. The Balaban J connectivity index is 1.37. The highest BCUT2D eigenvalue weighted by molar-refractivity contribution is 6.30. The Labute approximate surface area is 169 Å². The highest BCUT2D eigenvalue weighted by Gasteiger charge is 2.26. The number of anilines is 1. The summed E-state index contributed by atoms with van der Waals surface area (Å²) in [5.41, 5.74) is 3.94. The number of nitrogens with one attached hydrogen (secondary N) is 2. The van der Waals surface area contributed by atoms with Crippen LogP contribution in [0.25, 0.3) is 11.3 Å². The normalized spacial score (nSPS) is 16.4. The molecule has 2 heterocycles. The number of hydrogen-bond donors (Lipinski definition) is 2. The summed E-state index contributed by atoms with van der Waals surface area (Å²) in [7, 11) is 0. The van der Waals surface area contributed by atoms with Gasteiger partial charge in [-0.15, -0.1) is 0 Å². The van der Waals surface area contributed by atoms with Crippen molar-refractivity contribution in [2.75, 3.05) is 18.0 Å². The molecule has 0 unspecified atom stereocenters. The molecule has 1 aliphatic rings. The third-order valence-electron chi connectivity index (χ3n) is 5.19. The van der Waals surface area contributed by atoms with Gasteiger partial charge >= 0.3 is 0 Å². The molecular weight excluding hydrogens is 372 g/mol. The minimum atomic E-state index is -0.0154. The van der Waals surface area contributed by atoms with Crippen molar-refractivity contribution in [1.82, 2.24) is 15.5 Å². The second-order valence-corrected chi connectivity index (χ2v) is 7.54. The van der Waals surface area contributed by atoms with Gasteiger partial charge in [0.05, 0.1) is 5.69 Å². The lowest BCUT2D eigenvalue weighted by atomic mass is 10.1. The van der Waals surface area contributed by atoms with Crippen molar-refractivity contribution in [2.24, 2.45) is 0 Å². The molecule has 6 heteroatoms. The third kappa shape index (κ3) is 4.04. The highest BCUT2D eigenvalue weighted by Crippen LogP contribution is 2.25. The lowest BCUT2D eigenvalue weighted by molar-refractivity contribution is 0.0940. The second kappa shape index (κ2) is 8.07. The minimum Gasteiger partial charge on any atom is -0.353 e. The predicted molar refractivity (Wildman–Crippen MR) is 113 cm³/mol. The first-order valence-corrected chi connectivity index (χ1v) is 9.96. The first-order chi connectivity index (χ1) is 13.6. The zero-order valence-electron chi connectivity index (χ0n) is 15.8. The van der Waals surface area contributed by atoms with Crippen LogP contribution in [0.1, 0.15) is 29.3 Å². The maximum Gasteiger partial charge on any atom is 0.251 e. The number of aromatic amines is 1. The zero-order chi connectivity index (χ0) is 19.5. The molecule has 1 aliphatic heterocycles. The molecule has 0 bridgehead atoms. The molecule has 1 atom stereocenters. The summed E-state index contributed by atoms with van der Waals surface area (Å²) in [4.78, 5) is 14.7. The molecule has 2 aromatic carbocycles. The number of halogens is 1. The minimum absolute atomic E-state index is 0.0154. The van der Waals surface area contributed by atoms with Crippen LogP contribution in [-0.4, -0.2) is 35.2 Å². The number of hydrogen-bond acceptors (Lipinski definition) is 3. The highest BCUT2D eigenvalue weighted by atomic mass is 35.5. The van der Waals surface area contributed by atoms with Gasteiger partial charge in [-0.1, -0.05) is 42.8 Å². The van der Waals surface area contributed by atoms with E-state index < -0.39 is 0 Å². The Morgan fingerprint density at radius 2 is 1.96 bits per heavy atom. The van der Waals surface area contributed by atoms with Crippen LogP contribution < -0.4 is 10.2 Å². The number of aromatic nitrogens is 2. The average Bonchev–Trinajstić information content (AvgIpc) is 3.38. The van der Waals surface area contributed by atoms with E-state index in [1.165, 1.54) is 5.56 Å². The van der Waals surface area contributed by atoms with Crippen molar-refractivity contribution in [1.29, 1.82) is 0 Å². The van der Waals surface area contributed by atoms with Crippen molar-refractivity contribution in [3.05, 3.63) is 70.7 Å². The van der Waals surface area contributed by atoms with Crippen molar-refractivity contribution in [3.63, 3.8) is 0 Å². The lowest BCUT2D eigenvalue weighted by Gasteiger charge is -2.16. The van der Waals surface area contributed by atoms with Crippen molar-refractivity contribution >= 4 is 23.3 Å². The summed E-state index contributed by atoms with van der Waals surface area (Å²) in [5.74, 6) is 0.882. The van der Waals surface area contributed by atoms with Gasteiger partial charge in [-0.2, -0.15) is 5.10 Å². The fourth-order valence-electron chi connectivity index (χ4n) is 3.50. The molecule has 1 fully saturated rings. The van der Waals surface area contributed by atoms with Crippen LogP contribution in [0.5, 0.6) is 0 Å². The van der Waals surface area contributed by atoms with E-state index in [-0.39, 0.29) is 11.9 Å². The van der Waals surface area contributed by atoms with Gasteiger partial charge in [0.1, 0.15) is 0 Å². The first kappa shape index (κ1) is 18.6. The number of amides is 1. The van der Waals surface area contributed by atoms with Crippen molar-refractivity contribution in [3.8, 4) is 11.3 Å². The van der Waals surface area contributed by atoms with Crippen LogP contribution in [0.2, 0.25) is 5.02 Å². The summed E-state index contributed by atoms with van der Waals surface area (Å²) in [6.07, 6.45) is 1.88. The SMILES string of the molecule is CCc1ccc(C(=O)N[C@@H]2CCN(c3cc(-c4ccc(Cl)cc4)[nH]n3)C2)cc1. The third-order valence-corrected chi connectivity index (χ3v) is 5.44. The summed E-state index contributed by atoms with van der Waals surface area (Å²) in [6.45, 7) is 3.73. The molecule has 28 heavy (non-hydrogen) atoms. The Hall–Kier alpha value is -2.79. The van der Waals surface area contributed by atoms with E-state index in [2.05, 4.69) is 27.3 Å². The standard InChI is InChI=1S/C22H23ClN4O/c1-2-15-3-5-17(6-4-15)22(28)24-19-11-12-27(14-19)21-13-20(25-26-21)16-7-9-18(23)10-8-16/h3-10,13,19H,2,11-12,14H2,1H3,(H,24,28)(H,25,26)/t19-/m1/s1. The molecule has 1 saturated heterocycles. The number of H-pyrrole nitrogens is 1. The molecule has 0 saturated carbocycles. The summed E-state index contributed by atoms with van der Waals surface area (Å²) in [6, 6.07) is 17.6. The molecule has 0 radical (unpaired) electrons. The molecule has 144 valence electrons. The molecule has 1 aromatic heterocycles. The Bertz CT molecular complexity index is 949. The Morgan fingerprint density at radius 1 is 1.21 bits per heavy atom. The Morgan fingerprint density at radius 3 is 2.68 bits per heavy atom. The van der Waals surface area contributed by atoms with Gasteiger partial charge < -0.3 is 10.2 Å². The van der Waals surface area contributed by atoms with E-state index in [0.29, 0.717) is 10.6 Å². The van der Waals surface area contributed by atoms with Gasteiger partial charge in [0.25, 0.3) is 5.91 Å². The molecule has 5 nitrogen and oxygen atoms in total. The smallest absolute Gasteiger partial charge is 0.251 e. The topological polar surface area (TPSA) is 61.0 Å². The van der Waals surface area contributed by atoms with Crippen LogP contribution in [0.4, 0.5) is 5.82 Å². The van der Waals surface area contributed by atoms with E-state index in [1.807, 2.05) is 54.6 Å². The van der Waals surface area contributed by atoms with Gasteiger partial charge in [0.15, 0.2) is 5.82 Å². The largest absolute Gasteiger partial charge is 0.353 e. The molecule has 0 spiro atoms. The molecular formula is C22H23ClN4O. The molecule has 4 rings (SSSR count). The maximum atomic E-state index is 12.5. The van der Waals surface area contributed by atoms with E-state index in [1.54, 1.807) is 0 Å². The number of nitrogens with zero attached hydrogens (tertiary/aromatic N) is 2. The molecule has 0 aliphatic carbocycles. The van der Waals surface area contributed by atoms with Gasteiger partial charge in [-0.3, -0.25) is 9.89 Å². The molecule has 1 amide bonds. The van der Waals surface area contributed by atoms with E-state index in [0.717, 1.165) is 43.0 Å². The van der Waals surface area contributed by atoms with Crippen LogP contribution in [0.15, 0.2) is 54.6 Å². The lowest BCUT2D eigenvalue weighted by Crippen LogP contribution is -2.37. The molecule has 2 N–H and O–H groups in total. The van der Waals surface area contributed by atoms with Crippen LogP contribution in [0, 0.1) is 0 Å². The Kier molecular flexibility index (Phi) is 5.35. The van der Waals surface area contributed by atoms with Gasteiger partial charge in [-0.05, 0) is 48.2 Å².